The quantitative estimate of drug-likeness (QED) is 0.779. The molecule has 27 heavy (non-hydrogen) atoms. The van der Waals surface area contributed by atoms with Crippen LogP contribution in [0.2, 0.25) is 0 Å². The fourth-order valence-electron chi connectivity index (χ4n) is 3.04. The van der Waals surface area contributed by atoms with Gasteiger partial charge in [-0.15, -0.1) is 0 Å². The normalized spacial score (nSPS) is 14.8. The number of hydrogen-bond donors (Lipinski definition) is 1. The summed E-state index contributed by atoms with van der Waals surface area (Å²) in [6.45, 7) is 1.54. The predicted octanol–water partition coefficient (Wildman–Crippen LogP) is 1.48. The number of urea groups is 1. The number of nitrogens with zero attached hydrogens (tertiary/aromatic N) is 3. The van der Waals surface area contributed by atoms with Crippen LogP contribution in [0.1, 0.15) is 11.3 Å². The largest absolute Gasteiger partial charge is 0.338 e. The van der Waals surface area contributed by atoms with E-state index in [-0.39, 0.29) is 18.6 Å². The minimum absolute atomic E-state index is 0.159. The van der Waals surface area contributed by atoms with Crippen molar-refractivity contribution in [3.05, 3.63) is 66.0 Å². The molecule has 2 heterocycles. The Morgan fingerprint density at radius 2 is 1.89 bits per heavy atom. The van der Waals surface area contributed by atoms with Crippen molar-refractivity contribution < 1.29 is 13.2 Å². The van der Waals surface area contributed by atoms with Gasteiger partial charge in [-0.25, -0.2) is 13.2 Å². The van der Waals surface area contributed by atoms with E-state index >= 15 is 0 Å². The van der Waals surface area contributed by atoms with E-state index in [1.165, 1.54) is 10.6 Å². The second kappa shape index (κ2) is 8.49. The zero-order valence-corrected chi connectivity index (χ0v) is 16.1. The summed E-state index contributed by atoms with van der Waals surface area (Å²) in [4.78, 5) is 18.1. The van der Waals surface area contributed by atoms with Gasteiger partial charge in [0.25, 0.3) is 0 Å². The number of amides is 2. The lowest BCUT2D eigenvalue weighted by Crippen LogP contribution is -2.63. The highest BCUT2D eigenvalue weighted by Gasteiger charge is 2.38. The molecular formula is C19H24N4O3S. The van der Waals surface area contributed by atoms with E-state index in [1.807, 2.05) is 36.4 Å². The van der Waals surface area contributed by atoms with E-state index < -0.39 is 10.0 Å². The maximum Gasteiger partial charge on any atom is 0.317 e. The Morgan fingerprint density at radius 1 is 1.19 bits per heavy atom. The van der Waals surface area contributed by atoms with Crippen LogP contribution in [0.3, 0.4) is 0 Å². The van der Waals surface area contributed by atoms with Crippen molar-refractivity contribution in [1.29, 1.82) is 0 Å². The zero-order chi connectivity index (χ0) is 19.3. The minimum atomic E-state index is -3.39. The third kappa shape index (κ3) is 5.27. The van der Waals surface area contributed by atoms with Crippen LogP contribution in [-0.2, 0) is 23.0 Å². The van der Waals surface area contributed by atoms with Crippen LogP contribution in [-0.4, -0.2) is 60.6 Å². The summed E-state index contributed by atoms with van der Waals surface area (Å²) in [5.74, 6) is 0. The number of aromatic nitrogens is 1. The molecule has 0 bridgehead atoms. The molecule has 1 aromatic heterocycles. The lowest BCUT2D eigenvalue weighted by atomic mass is 10.1. The van der Waals surface area contributed by atoms with Gasteiger partial charge in [-0.1, -0.05) is 36.4 Å². The summed E-state index contributed by atoms with van der Waals surface area (Å²) in [6, 6.07) is 15.0. The van der Waals surface area contributed by atoms with E-state index in [2.05, 4.69) is 10.3 Å². The highest BCUT2D eigenvalue weighted by atomic mass is 32.2. The molecule has 0 atom stereocenters. The third-order valence-electron chi connectivity index (χ3n) is 4.56. The molecule has 0 unspecified atom stereocenters. The molecule has 1 aliphatic rings. The van der Waals surface area contributed by atoms with Gasteiger partial charge in [0.15, 0.2) is 0 Å². The number of nitrogens with one attached hydrogen (secondary N) is 1. The molecule has 8 heteroatoms. The van der Waals surface area contributed by atoms with Crippen LogP contribution in [0.25, 0.3) is 0 Å². The SMILES string of the molecule is CS(=O)(=O)N(Cc1ccccn1)C1CN(C(=O)NCCc2ccccc2)C1. The molecule has 1 N–H and O–H groups in total. The summed E-state index contributed by atoms with van der Waals surface area (Å²) in [5.41, 5.74) is 1.85. The molecule has 1 fully saturated rings. The Kier molecular flexibility index (Phi) is 6.08. The second-order valence-corrected chi connectivity index (χ2v) is 8.59. The molecule has 0 aliphatic carbocycles. The summed E-state index contributed by atoms with van der Waals surface area (Å²) in [7, 11) is -3.39. The van der Waals surface area contributed by atoms with Gasteiger partial charge < -0.3 is 10.2 Å². The molecule has 1 saturated heterocycles. The Bertz CT molecular complexity index is 853. The van der Waals surface area contributed by atoms with Crippen LogP contribution in [0.5, 0.6) is 0 Å². The molecule has 1 aromatic carbocycles. The van der Waals surface area contributed by atoms with Crippen molar-refractivity contribution in [2.45, 2.75) is 19.0 Å². The molecule has 2 aromatic rings. The average Bonchev–Trinajstić information content (AvgIpc) is 2.61. The number of rotatable bonds is 7. The van der Waals surface area contributed by atoms with E-state index in [1.54, 1.807) is 23.2 Å². The van der Waals surface area contributed by atoms with Crippen molar-refractivity contribution >= 4 is 16.1 Å². The number of carbonyl (C=O) groups excluding carboxylic acids is 1. The van der Waals surface area contributed by atoms with Crippen molar-refractivity contribution in [1.82, 2.24) is 19.5 Å². The monoisotopic (exact) mass is 388 g/mol. The van der Waals surface area contributed by atoms with Gasteiger partial charge >= 0.3 is 6.03 Å². The molecule has 144 valence electrons. The van der Waals surface area contributed by atoms with Gasteiger partial charge in [0.1, 0.15) is 0 Å². The molecule has 0 saturated carbocycles. The lowest BCUT2D eigenvalue weighted by molar-refractivity contribution is 0.0981. The highest BCUT2D eigenvalue weighted by molar-refractivity contribution is 7.88. The van der Waals surface area contributed by atoms with Crippen LogP contribution < -0.4 is 5.32 Å². The van der Waals surface area contributed by atoms with Gasteiger partial charge in [0.2, 0.25) is 10.0 Å². The fourth-order valence-corrected chi connectivity index (χ4v) is 4.08. The van der Waals surface area contributed by atoms with E-state index in [0.717, 1.165) is 12.0 Å². The number of hydrogen-bond acceptors (Lipinski definition) is 4. The fraction of sp³-hybridized carbons (Fsp3) is 0.368. The molecule has 7 nitrogen and oxygen atoms in total. The number of pyridine rings is 1. The second-order valence-electron chi connectivity index (χ2n) is 6.66. The Hall–Kier alpha value is -2.45. The number of likely N-dealkylation sites (tertiary alicyclic amines) is 1. The zero-order valence-electron chi connectivity index (χ0n) is 15.3. The summed E-state index contributed by atoms with van der Waals surface area (Å²) in [5, 5.41) is 2.89. The van der Waals surface area contributed by atoms with Crippen molar-refractivity contribution in [2.75, 3.05) is 25.9 Å². The summed E-state index contributed by atoms with van der Waals surface area (Å²) in [6.07, 6.45) is 3.60. The molecule has 1 aliphatic heterocycles. The van der Waals surface area contributed by atoms with E-state index in [4.69, 9.17) is 0 Å². The molecule has 3 rings (SSSR count). The van der Waals surface area contributed by atoms with Gasteiger partial charge in [0, 0.05) is 25.8 Å². The summed E-state index contributed by atoms with van der Waals surface area (Å²) < 4.78 is 25.7. The average molecular weight is 388 g/mol. The predicted molar refractivity (Wildman–Crippen MR) is 104 cm³/mol. The first kappa shape index (κ1) is 19.3. The Morgan fingerprint density at radius 3 is 2.52 bits per heavy atom. The Labute approximate surface area is 160 Å². The first-order valence-corrected chi connectivity index (χ1v) is 10.7. The third-order valence-corrected chi connectivity index (χ3v) is 5.84. The first-order chi connectivity index (χ1) is 12.9. The standard InChI is InChI=1S/C19H24N4O3S/c1-27(25,26)23(13-17-9-5-6-11-20-17)18-14-22(15-18)19(24)21-12-10-16-7-3-2-4-8-16/h2-9,11,18H,10,12-15H2,1H3,(H,21,24). The maximum absolute atomic E-state index is 12.2. The minimum Gasteiger partial charge on any atom is -0.338 e. The maximum atomic E-state index is 12.2. The van der Waals surface area contributed by atoms with Crippen LogP contribution in [0.4, 0.5) is 4.79 Å². The summed E-state index contributed by atoms with van der Waals surface area (Å²) >= 11 is 0. The topological polar surface area (TPSA) is 82.6 Å². The smallest absolute Gasteiger partial charge is 0.317 e. The van der Waals surface area contributed by atoms with E-state index in [9.17, 15) is 13.2 Å². The highest BCUT2D eigenvalue weighted by Crippen LogP contribution is 2.20. The van der Waals surface area contributed by atoms with Crippen molar-refractivity contribution in [2.24, 2.45) is 0 Å². The van der Waals surface area contributed by atoms with Crippen molar-refractivity contribution in [3.8, 4) is 0 Å². The number of carbonyl (C=O) groups is 1. The Balaban J connectivity index is 1.49. The lowest BCUT2D eigenvalue weighted by Gasteiger charge is -2.43. The van der Waals surface area contributed by atoms with Gasteiger partial charge in [0.05, 0.1) is 24.5 Å². The molecule has 2 amide bonds. The van der Waals surface area contributed by atoms with Crippen molar-refractivity contribution in [3.63, 3.8) is 0 Å². The van der Waals surface area contributed by atoms with Gasteiger partial charge in [-0.3, -0.25) is 4.98 Å². The van der Waals surface area contributed by atoms with Gasteiger partial charge in [-0.05, 0) is 24.1 Å². The molecule has 0 radical (unpaired) electrons. The number of sulfonamides is 1. The van der Waals surface area contributed by atoms with E-state index in [0.29, 0.717) is 25.3 Å². The van der Waals surface area contributed by atoms with Crippen LogP contribution >= 0.6 is 0 Å². The number of benzene rings is 1. The molecule has 0 spiro atoms. The molecular weight excluding hydrogens is 364 g/mol. The van der Waals surface area contributed by atoms with Crippen LogP contribution in [0, 0.1) is 0 Å². The van der Waals surface area contributed by atoms with Gasteiger partial charge in [-0.2, -0.15) is 4.31 Å². The first-order valence-electron chi connectivity index (χ1n) is 8.87. The van der Waals surface area contributed by atoms with Crippen LogP contribution in [0.15, 0.2) is 54.7 Å².